The highest BCUT2D eigenvalue weighted by Gasteiger charge is 2.43. The first-order valence-corrected chi connectivity index (χ1v) is 11.5. The molecule has 0 radical (unpaired) electrons. The monoisotopic (exact) mass is 449 g/mol. The quantitative estimate of drug-likeness (QED) is 0.625. The van der Waals surface area contributed by atoms with Gasteiger partial charge in [-0.25, -0.2) is 9.37 Å². The van der Waals surface area contributed by atoms with Crippen LogP contribution in [0.3, 0.4) is 0 Å². The summed E-state index contributed by atoms with van der Waals surface area (Å²) in [5, 5.41) is 7.62. The Hall–Kier alpha value is -3.29. The van der Waals surface area contributed by atoms with Crippen LogP contribution in [0.4, 0.5) is 10.2 Å². The number of rotatable bonds is 6. The number of ketones is 1. The van der Waals surface area contributed by atoms with Gasteiger partial charge in [-0.3, -0.25) is 9.59 Å². The molecule has 1 N–H and O–H groups in total. The standard InChI is InChI=1S/C25H28FN5O2/c1-15-11-24-28-20(12-23(33)22-14-21(22)17-3-5-18(26)6-4-17)13-25(31(24)29-15)30-9-7-19(8-10-30)27-16(2)32/h3-6,11,13,19,21-22H,7-10,12,14H2,1-2H3,(H,27,32)/t21-,22+/m0/s1. The van der Waals surface area contributed by atoms with Crippen molar-refractivity contribution in [1.82, 2.24) is 19.9 Å². The van der Waals surface area contributed by atoms with Gasteiger partial charge in [-0.05, 0) is 49.8 Å². The summed E-state index contributed by atoms with van der Waals surface area (Å²) in [7, 11) is 0. The van der Waals surface area contributed by atoms with E-state index in [0.717, 1.165) is 60.8 Å². The molecule has 0 unspecified atom stereocenters. The molecule has 0 bridgehead atoms. The fourth-order valence-corrected chi connectivity index (χ4v) is 4.92. The number of halogens is 1. The van der Waals surface area contributed by atoms with Crippen LogP contribution in [-0.4, -0.2) is 45.4 Å². The number of hydrogen-bond acceptors (Lipinski definition) is 5. The summed E-state index contributed by atoms with van der Waals surface area (Å²) in [5.74, 6) is 0.992. The molecule has 1 amide bonds. The third kappa shape index (κ3) is 4.60. The van der Waals surface area contributed by atoms with Crippen LogP contribution in [0.2, 0.25) is 0 Å². The second-order valence-electron chi connectivity index (χ2n) is 9.27. The number of Topliss-reactive ketones (excluding diaryl/α,β-unsaturated/α-hetero) is 1. The van der Waals surface area contributed by atoms with Crippen LogP contribution in [0.1, 0.15) is 49.1 Å². The van der Waals surface area contributed by atoms with Crippen molar-refractivity contribution in [2.75, 3.05) is 18.0 Å². The van der Waals surface area contributed by atoms with Crippen LogP contribution in [0.25, 0.3) is 5.65 Å². The summed E-state index contributed by atoms with van der Waals surface area (Å²) in [4.78, 5) is 31.4. The van der Waals surface area contributed by atoms with Gasteiger partial charge in [0.25, 0.3) is 0 Å². The van der Waals surface area contributed by atoms with E-state index in [2.05, 4.69) is 15.3 Å². The summed E-state index contributed by atoms with van der Waals surface area (Å²) in [6.45, 7) is 5.08. The number of nitrogens with zero attached hydrogens (tertiary/aromatic N) is 4. The molecule has 2 fully saturated rings. The van der Waals surface area contributed by atoms with Crippen LogP contribution in [0, 0.1) is 18.7 Å². The smallest absolute Gasteiger partial charge is 0.217 e. The number of benzene rings is 1. The van der Waals surface area contributed by atoms with Crippen LogP contribution in [-0.2, 0) is 16.0 Å². The van der Waals surface area contributed by atoms with Gasteiger partial charge in [-0.2, -0.15) is 9.61 Å². The molecule has 33 heavy (non-hydrogen) atoms. The van der Waals surface area contributed by atoms with Crippen molar-refractivity contribution < 1.29 is 14.0 Å². The second kappa shape index (κ2) is 8.57. The Bertz CT molecular complexity index is 1200. The van der Waals surface area contributed by atoms with Crippen LogP contribution < -0.4 is 10.2 Å². The molecule has 3 heterocycles. The minimum Gasteiger partial charge on any atom is -0.356 e. The average molecular weight is 450 g/mol. The molecule has 1 aromatic carbocycles. The third-order valence-corrected chi connectivity index (χ3v) is 6.67. The van der Waals surface area contributed by atoms with Crippen molar-refractivity contribution in [3.8, 4) is 0 Å². The predicted octanol–water partition coefficient (Wildman–Crippen LogP) is 3.20. The molecular formula is C25H28FN5O2. The zero-order valence-corrected chi connectivity index (χ0v) is 18.9. The summed E-state index contributed by atoms with van der Waals surface area (Å²) in [6.07, 6.45) is 2.80. The van der Waals surface area contributed by atoms with E-state index in [9.17, 15) is 14.0 Å². The normalized spacial score (nSPS) is 20.8. The van der Waals surface area contributed by atoms with Crippen molar-refractivity contribution in [2.24, 2.45) is 5.92 Å². The number of nitrogens with one attached hydrogen (secondary N) is 1. The average Bonchev–Trinajstić information content (AvgIpc) is 3.49. The first-order chi connectivity index (χ1) is 15.9. The lowest BCUT2D eigenvalue weighted by atomic mass is 10.0. The van der Waals surface area contributed by atoms with E-state index in [1.165, 1.54) is 12.1 Å². The minimum absolute atomic E-state index is 0.00210. The number of anilines is 1. The summed E-state index contributed by atoms with van der Waals surface area (Å²) in [6, 6.07) is 10.5. The maximum Gasteiger partial charge on any atom is 0.217 e. The maximum atomic E-state index is 13.2. The molecule has 1 saturated carbocycles. The molecule has 0 spiro atoms. The zero-order chi connectivity index (χ0) is 23.1. The third-order valence-electron chi connectivity index (χ3n) is 6.67. The van der Waals surface area contributed by atoms with E-state index in [1.54, 1.807) is 19.1 Å². The molecule has 2 aliphatic rings. The van der Waals surface area contributed by atoms with E-state index in [-0.39, 0.29) is 41.8 Å². The van der Waals surface area contributed by atoms with Crippen molar-refractivity contribution in [3.05, 3.63) is 59.2 Å². The molecule has 3 aromatic rings. The molecular weight excluding hydrogens is 421 g/mol. The van der Waals surface area contributed by atoms with Crippen molar-refractivity contribution in [1.29, 1.82) is 0 Å². The van der Waals surface area contributed by atoms with Gasteiger partial charge in [-0.15, -0.1) is 0 Å². The van der Waals surface area contributed by atoms with Gasteiger partial charge in [0.1, 0.15) is 17.4 Å². The SMILES string of the molecule is CC(=O)NC1CCN(c2cc(CC(=O)[C@@H]3C[C@H]3c3ccc(F)cc3)nc3cc(C)nn23)CC1. The van der Waals surface area contributed by atoms with Gasteiger partial charge in [-0.1, -0.05) is 12.1 Å². The Labute approximate surface area is 192 Å². The molecule has 1 aliphatic carbocycles. The predicted molar refractivity (Wildman–Crippen MR) is 123 cm³/mol. The number of fused-ring (bicyclic) bond motifs is 1. The fraction of sp³-hybridized carbons (Fsp3) is 0.440. The Kier molecular flexibility index (Phi) is 5.60. The number of carbonyl (C=O) groups is 2. The Morgan fingerprint density at radius 2 is 1.88 bits per heavy atom. The number of aryl methyl sites for hydroxylation is 1. The Balaban J connectivity index is 1.33. The highest BCUT2D eigenvalue weighted by atomic mass is 19.1. The maximum absolute atomic E-state index is 13.2. The van der Waals surface area contributed by atoms with E-state index >= 15 is 0 Å². The van der Waals surface area contributed by atoms with Gasteiger partial charge in [0, 0.05) is 50.5 Å². The molecule has 2 aromatic heterocycles. The molecule has 7 nitrogen and oxygen atoms in total. The molecule has 1 aliphatic heterocycles. The molecule has 8 heteroatoms. The highest BCUT2D eigenvalue weighted by Crippen LogP contribution is 2.48. The van der Waals surface area contributed by atoms with E-state index in [4.69, 9.17) is 4.98 Å². The lowest BCUT2D eigenvalue weighted by Crippen LogP contribution is -2.44. The van der Waals surface area contributed by atoms with E-state index < -0.39 is 0 Å². The highest BCUT2D eigenvalue weighted by molar-refractivity contribution is 5.87. The van der Waals surface area contributed by atoms with Crippen molar-refractivity contribution in [3.63, 3.8) is 0 Å². The zero-order valence-electron chi connectivity index (χ0n) is 18.9. The van der Waals surface area contributed by atoms with E-state index in [0.29, 0.717) is 0 Å². The fourth-order valence-electron chi connectivity index (χ4n) is 4.92. The lowest BCUT2D eigenvalue weighted by molar-refractivity contribution is -0.120. The first-order valence-electron chi connectivity index (χ1n) is 11.5. The van der Waals surface area contributed by atoms with Crippen LogP contribution in [0.5, 0.6) is 0 Å². The summed E-state index contributed by atoms with van der Waals surface area (Å²) < 4.78 is 15.1. The number of carbonyl (C=O) groups excluding carboxylic acids is 2. The molecule has 172 valence electrons. The molecule has 5 rings (SSSR count). The molecule has 1 saturated heterocycles. The van der Waals surface area contributed by atoms with Gasteiger partial charge in [0.05, 0.1) is 11.4 Å². The minimum atomic E-state index is -0.260. The summed E-state index contributed by atoms with van der Waals surface area (Å²) in [5.41, 5.74) is 3.38. The molecule has 2 atom stereocenters. The number of piperidine rings is 1. The van der Waals surface area contributed by atoms with Gasteiger partial charge in [0.15, 0.2) is 5.65 Å². The van der Waals surface area contributed by atoms with Crippen LogP contribution >= 0.6 is 0 Å². The van der Waals surface area contributed by atoms with E-state index in [1.807, 2.05) is 23.6 Å². The van der Waals surface area contributed by atoms with Gasteiger partial charge in [0.2, 0.25) is 5.91 Å². The summed E-state index contributed by atoms with van der Waals surface area (Å²) >= 11 is 0. The number of amides is 1. The van der Waals surface area contributed by atoms with Gasteiger partial charge < -0.3 is 10.2 Å². The largest absolute Gasteiger partial charge is 0.356 e. The Morgan fingerprint density at radius 3 is 2.58 bits per heavy atom. The Morgan fingerprint density at radius 1 is 1.15 bits per heavy atom. The van der Waals surface area contributed by atoms with Crippen LogP contribution in [0.15, 0.2) is 36.4 Å². The number of aromatic nitrogens is 3. The van der Waals surface area contributed by atoms with Crippen molar-refractivity contribution >= 4 is 23.2 Å². The van der Waals surface area contributed by atoms with Gasteiger partial charge >= 0.3 is 0 Å². The second-order valence-corrected chi connectivity index (χ2v) is 9.27. The number of hydrogen-bond donors (Lipinski definition) is 1. The van der Waals surface area contributed by atoms with Crippen molar-refractivity contribution in [2.45, 2.75) is 51.5 Å². The lowest BCUT2D eigenvalue weighted by Gasteiger charge is -2.33. The topological polar surface area (TPSA) is 79.6 Å². The first kappa shape index (κ1) is 21.6.